The number of aliphatic carboxylic acids is 1. The second-order valence-corrected chi connectivity index (χ2v) is 7.59. The highest BCUT2D eigenvalue weighted by Gasteiger charge is 2.31. The number of carboxylic acids is 2. The fraction of sp³-hybridized carbons (Fsp3) is 0.217. The van der Waals surface area contributed by atoms with Crippen molar-refractivity contribution < 1.29 is 29.7 Å². The topological polar surface area (TPSA) is 144 Å². The predicted octanol–water partition coefficient (Wildman–Crippen LogP) is 2.64. The summed E-state index contributed by atoms with van der Waals surface area (Å²) in [4.78, 5) is 36.6. The maximum Gasteiger partial charge on any atom is 0.353 e. The fourth-order valence-electron chi connectivity index (χ4n) is 3.07. The summed E-state index contributed by atoms with van der Waals surface area (Å²) >= 11 is 0. The summed E-state index contributed by atoms with van der Waals surface area (Å²) in [6.07, 6.45) is -0.216. The van der Waals surface area contributed by atoms with Gasteiger partial charge in [0.25, 0.3) is 5.91 Å². The van der Waals surface area contributed by atoms with Gasteiger partial charge in [-0.3, -0.25) is 9.89 Å². The standard InChI is InChI=1S/C23H23N3O6/c1-23(32,22(30)31)11-12-26(20(27)18-13-19(21(28)29)25-24-18)14-15-7-9-17(10-8-15)16-5-3-2-4-6-16/h2-10,13,32H,11-12,14H2,1H3,(H,24,25)(H,28,29)(H,30,31)/t23-/m0/s1. The van der Waals surface area contributed by atoms with Crippen molar-refractivity contribution in [2.75, 3.05) is 6.54 Å². The first kappa shape index (κ1) is 22.7. The molecule has 0 radical (unpaired) electrons. The van der Waals surface area contributed by atoms with E-state index in [0.717, 1.165) is 29.7 Å². The Labute approximate surface area is 183 Å². The van der Waals surface area contributed by atoms with Crippen molar-refractivity contribution in [2.24, 2.45) is 0 Å². The van der Waals surface area contributed by atoms with Crippen LogP contribution in [0.25, 0.3) is 11.1 Å². The number of aromatic amines is 1. The lowest BCUT2D eigenvalue weighted by atomic mass is 10.0. The summed E-state index contributed by atoms with van der Waals surface area (Å²) in [6, 6.07) is 18.4. The van der Waals surface area contributed by atoms with Gasteiger partial charge in [0.05, 0.1) is 0 Å². The van der Waals surface area contributed by atoms with Crippen LogP contribution in [0.5, 0.6) is 0 Å². The number of carbonyl (C=O) groups is 3. The van der Waals surface area contributed by atoms with Gasteiger partial charge < -0.3 is 20.2 Å². The molecule has 0 saturated heterocycles. The zero-order valence-electron chi connectivity index (χ0n) is 17.4. The summed E-state index contributed by atoms with van der Waals surface area (Å²) in [5.74, 6) is -3.24. The number of nitrogens with one attached hydrogen (secondary N) is 1. The van der Waals surface area contributed by atoms with E-state index in [1.165, 1.54) is 4.90 Å². The molecule has 1 amide bonds. The van der Waals surface area contributed by atoms with E-state index >= 15 is 0 Å². The summed E-state index contributed by atoms with van der Waals surface area (Å²) in [5.41, 5.74) is 0.452. The zero-order chi connectivity index (χ0) is 23.3. The third-order valence-electron chi connectivity index (χ3n) is 5.08. The number of aliphatic hydroxyl groups is 1. The van der Waals surface area contributed by atoms with Crippen molar-refractivity contribution in [3.63, 3.8) is 0 Å². The Hall–Kier alpha value is -3.98. The number of rotatable bonds is 9. The summed E-state index contributed by atoms with van der Waals surface area (Å²) in [6.45, 7) is 1.20. The van der Waals surface area contributed by atoms with Crippen LogP contribution in [0.2, 0.25) is 0 Å². The van der Waals surface area contributed by atoms with Crippen LogP contribution < -0.4 is 0 Å². The highest BCUT2D eigenvalue weighted by Crippen LogP contribution is 2.21. The number of amides is 1. The lowest BCUT2D eigenvalue weighted by Gasteiger charge is -2.26. The predicted molar refractivity (Wildman–Crippen MR) is 115 cm³/mol. The maximum absolute atomic E-state index is 13.0. The number of hydrogen-bond acceptors (Lipinski definition) is 5. The third kappa shape index (κ3) is 5.38. The summed E-state index contributed by atoms with van der Waals surface area (Å²) < 4.78 is 0. The number of carboxylic acid groups (broad SMARTS) is 2. The van der Waals surface area contributed by atoms with Crippen LogP contribution in [0, 0.1) is 0 Å². The Bertz CT molecular complexity index is 1110. The normalized spacial score (nSPS) is 12.7. The summed E-state index contributed by atoms with van der Waals surface area (Å²) in [5, 5.41) is 34.3. The molecule has 4 N–H and O–H groups in total. The van der Waals surface area contributed by atoms with E-state index in [-0.39, 0.29) is 30.9 Å². The van der Waals surface area contributed by atoms with Gasteiger partial charge in [-0.2, -0.15) is 5.10 Å². The van der Waals surface area contributed by atoms with Crippen molar-refractivity contribution in [3.05, 3.63) is 77.6 Å². The van der Waals surface area contributed by atoms with Gasteiger partial charge >= 0.3 is 11.9 Å². The molecule has 0 bridgehead atoms. The molecule has 0 aliphatic rings. The van der Waals surface area contributed by atoms with Gasteiger partial charge in [-0.25, -0.2) is 9.59 Å². The van der Waals surface area contributed by atoms with Crippen molar-refractivity contribution >= 4 is 17.8 Å². The molecule has 0 aliphatic heterocycles. The van der Waals surface area contributed by atoms with E-state index in [9.17, 15) is 19.5 Å². The van der Waals surface area contributed by atoms with Crippen LogP contribution in [0.1, 0.15) is 39.9 Å². The van der Waals surface area contributed by atoms with Crippen LogP contribution >= 0.6 is 0 Å². The molecule has 0 fully saturated rings. The van der Waals surface area contributed by atoms with Crippen molar-refractivity contribution in [1.82, 2.24) is 15.1 Å². The Morgan fingerprint density at radius 2 is 1.62 bits per heavy atom. The number of hydrogen-bond donors (Lipinski definition) is 4. The van der Waals surface area contributed by atoms with Crippen molar-refractivity contribution in [2.45, 2.75) is 25.5 Å². The van der Waals surface area contributed by atoms with Gasteiger partial charge in [-0.15, -0.1) is 0 Å². The molecule has 2 aromatic carbocycles. The highest BCUT2D eigenvalue weighted by molar-refractivity contribution is 5.95. The maximum atomic E-state index is 13.0. The summed E-state index contributed by atoms with van der Waals surface area (Å²) in [7, 11) is 0. The fourth-order valence-corrected chi connectivity index (χ4v) is 3.07. The molecule has 0 saturated carbocycles. The Kier molecular flexibility index (Phi) is 6.70. The quantitative estimate of drug-likeness (QED) is 0.403. The van der Waals surface area contributed by atoms with Crippen LogP contribution in [-0.4, -0.2) is 60.4 Å². The number of aromatic carboxylic acids is 1. The second-order valence-electron chi connectivity index (χ2n) is 7.59. The van der Waals surface area contributed by atoms with Crippen LogP contribution in [0.3, 0.4) is 0 Å². The smallest absolute Gasteiger partial charge is 0.353 e. The first-order valence-electron chi connectivity index (χ1n) is 9.85. The molecule has 3 aromatic rings. The number of aromatic nitrogens is 2. The lowest BCUT2D eigenvalue weighted by molar-refractivity contribution is -0.157. The molecule has 1 atom stereocenters. The minimum absolute atomic E-state index is 0.0756. The van der Waals surface area contributed by atoms with E-state index in [4.69, 9.17) is 10.2 Å². The van der Waals surface area contributed by atoms with Gasteiger partial charge in [-0.05, 0) is 23.6 Å². The highest BCUT2D eigenvalue weighted by atomic mass is 16.4. The molecular weight excluding hydrogens is 414 g/mol. The van der Waals surface area contributed by atoms with Crippen molar-refractivity contribution in [3.8, 4) is 11.1 Å². The van der Waals surface area contributed by atoms with E-state index in [2.05, 4.69) is 10.2 Å². The van der Waals surface area contributed by atoms with Crippen LogP contribution in [0.15, 0.2) is 60.7 Å². The number of nitrogens with zero attached hydrogens (tertiary/aromatic N) is 2. The van der Waals surface area contributed by atoms with E-state index < -0.39 is 23.4 Å². The monoisotopic (exact) mass is 437 g/mol. The van der Waals surface area contributed by atoms with Crippen LogP contribution in [0.4, 0.5) is 0 Å². The molecule has 3 rings (SSSR count). The first-order chi connectivity index (χ1) is 15.2. The minimum atomic E-state index is -2.02. The largest absolute Gasteiger partial charge is 0.479 e. The molecule has 1 aromatic heterocycles. The number of carbonyl (C=O) groups excluding carboxylic acids is 1. The molecule has 166 valence electrons. The van der Waals surface area contributed by atoms with Gasteiger partial charge in [0.15, 0.2) is 11.3 Å². The van der Waals surface area contributed by atoms with E-state index in [1.54, 1.807) is 0 Å². The molecule has 0 aliphatic carbocycles. The van der Waals surface area contributed by atoms with Gasteiger partial charge in [0.2, 0.25) is 0 Å². The first-order valence-corrected chi connectivity index (χ1v) is 9.85. The van der Waals surface area contributed by atoms with E-state index in [0.29, 0.717) is 0 Å². The van der Waals surface area contributed by atoms with Crippen LogP contribution in [-0.2, 0) is 11.3 Å². The molecule has 0 unspecified atom stereocenters. The van der Waals surface area contributed by atoms with Gasteiger partial charge in [-0.1, -0.05) is 54.6 Å². The molecule has 9 nitrogen and oxygen atoms in total. The lowest BCUT2D eigenvalue weighted by Crippen LogP contribution is -2.41. The minimum Gasteiger partial charge on any atom is -0.479 e. The second kappa shape index (κ2) is 9.44. The average molecular weight is 437 g/mol. The number of H-pyrrole nitrogens is 1. The average Bonchev–Trinajstić information content (AvgIpc) is 3.28. The molecule has 0 spiro atoms. The van der Waals surface area contributed by atoms with Crippen molar-refractivity contribution in [1.29, 1.82) is 0 Å². The molecule has 9 heteroatoms. The van der Waals surface area contributed by atoms with Gasteiger partial charge in [0, 0.05) is 25.6 Å². The number of benzene rings is 2. The third-order valence-corrected chi connectivity index (χ3v) is 5.08. The van der Waals surface area contributed by atoms with Gasteiger partial charge in [0.1, 0.15) is 5.69 Å². The Morgan fingerprint density at radius 3 is 2.19 bits per heavy atom. The Balaban J connectivity index is 1.82. The zero-order valence-corrected chi connectivity index (χ0v) is 17.4. The molecule has 1 heterocycles. The molecular formula is C23H23N3O6. The van der Waals surface area contributed by atoms with E-state index in [1.807, 2.05) is 54.6 Å². The molecule has 32 heavy (non-hydrogen) atoms. The SMILES string of the molecule is C[C@](O)(CCN(Cc1ccc(-c2ccccc2)cc1)C(=O)c1cc(C(=O)O)[nH]n1)C(=O)O. The Morgan fingerprint density at radius 1 is 1.00 bits per heavy atom.